The van der Waals surface area contributed by atoms with E-state index >= 15 is 0 Å². The number of hydrogen-bond donors (Lipinski definition) is 0. The number of pyridine rings is 1. The number of unbranched alkanes of at least 4 members (excludes halogenated alkanes) is 6. The molecule has 3 fully saturated rings. The van der Waals surface area contributed by atoms with Crippen molar-refractivity contribution in [3.05, 3.63) is 94.3 Å². The first-order valence-corrected chi connectivity index (χ1v) is 19.5. The van der Waals surface area contributed by atoms with Crippen LogP contribution in [-0.2, 0) is 0 Å². The molecule has 0 N–H and O–H groups in total. The lowest BCUT2D eigenvalue weighted by atomic mass is 9.85. The van der Waals surface area contributed by atoms with E-state index in [1.165, 1.54) is 86.7 Å². The molecule has 4 heterocycles. The van der Waals surface area contributed by atoms with Crippen LogP contribution in [0.2, 0.25) is 0 Å². The zero-order valence-electron chi connectivity index (χ0n) is 30.9. The Kier molecular flexibility index (Phi) is 12.6. The Labute approximate surface area is 306 Å². The van der Waals surface area contributed by atoms with Gasteiger partial charge in [-0.25, -0.2) is 8.78 Å². The summed E-state index contributed by atoms with van der Waals surface area (Å²) in [5.74, 6) is 0.0601. The summed E-state index contributed by atoms with van der Waals surface area (Å²) in [6.45, 7) is 10.6. The van der Waals surface area contributed by atoms with Crippen molar-refractivity contribution in [1.82, 2.24) is 4.57 Å². The molecule has 1 aromatic heterocycles. The Balaban J connectivity index is 1.16. The minimum atomic E-state index is -0.805. The summed E-state index contributed by atoms with van der Waals surface area (Å²) in [5.41, 5.74) is 0.725. The van der Waals surface area contributed by atoms with E-state index in [4.69, 9.17) is 9.47 Å². The molecule has 0 aliphatic carbocycles. The van der Waals surface area contributed by atoms with E-state index in [1.807, 2.05) is 30.3 Å². The highest BCUT2D eigenvalue weighted by atomic mass is 19.1. The molecule has 278 valence electrons. The Bertz CT molecular complexity index is 1850. The van der Waals surface area contributed by atoms with Gasteiger partial charge in [0.25, 0.3) is 5.91 Å². The number of carbonyl (C=O) groups is 1. The maximum atomic E-state index is 14.2. The highest BCUT2D eigenvalue weighted by Gasteiger charge is 2.38. The third-order valence-electron chi connectivity index (χ3n) is 11.1. The number of anilines is 1. The summed E-state index contributed by atoms with van der Waals surface area (Å²) in [6, 6.07) is 15.7. The fourth-order valence-electron chi connectivity index (χ4n) is 8.02. The molecule has 2 bridgehead atoms. The summed E-state index contributed by atoms with van der Waals surface area (Å²) in [6.07, 6.45) is 14.9. The molecule has 3 aliphatic rings. The summed E-state index contributed by atoms with van der Waals surface area (Å²) < 4.78 is 43.7. The van der Waals surface area contributed by atoms with Gasteiger partial charge < -0.3 is 23.4 Å². The van der Waals surface area contributed by atoms with Crippen molar-refractivity contribution < 1.29 is 27.5 Å². The van der Waals surface area contributed by atoms with Gasteiger partial charge in [-0.15, -0.1) is 0 Å². The van der Waals surface area contributed by atoms with E-state index < -0.39 is 23.0 Å². The van der Waals surface area contributed by atoms with E-state index in [2.05, 4.69) is 6.92 Å². The molecule has 9 heteroatoms. The van der Waals surface area contributed by atoms with Crippen LogP contribution < -0.4 is 19.8 Å². The lowest BCUT2D eigenvalue weighted by Gasteiger charge is -2.49. The van der Waals surface area contributed by atoms with Crippen LogP contribution in [0.5, 0.6) is 11.5 Å². The second-order valence-electron chi connectivity index (χ2n) is 14.7. The first-order chi connectivity index (χ1) is 25.3. The van der Waals surface area contributed by atoms with Gasteiger partial charge in [-0.3, -0.25) is 9.59 Å². The van der Waals surface area contributed by atoms with Crippen LogP contribution >= 0.6 is 0 Å². The van der Waals surface area contributed by atoms with Crippen molar-refractivity contribution in [2.45, 2.75) is 84.5 Å². The molecule has 3 saturated heterocycles. The van der Waals surface area contributed by atoms with Crippen LogP contribution in [0.1, 0.15) is 94.8 Å². The van der Waals surface area contributed by atoms with Crippen molar-refractivity contribution in [3.63, 3.8) is 0 Å². The van der Waals surface area contributed by atoms with Crippen LogP contribution in [0.15, 0.2) is 71.7 Å². The van der Waals surface area contributed by atoms with Crippen molar-refractivity contribution in [2.75, 3.05) is 50.8 Å². The summed E-state index contributed by atoms with van der Waals surface area (Å²) in [4.78, 5) is 29.1. The van der Waals surface area contributed by atoms with Gasteiger partial charge in [0.15, 0.2) is 0 Å². The number of nitrogens with zero attached hydrogens (tertiary/aromatic N) is 3. The number of halogens is 2. The van der Waals surface area contributed by atoms with Crippen molar-refractivity contribution in [2.24, 2.45) is 5.92 Å². The van der Waals surface area contributed by atoms with Gasteiger partial charge in [0, 0.05) is 47.7 Å². The number of aromatic nitrogens is 1. The van der Waals surface area contributed by atoms with Gasteiger partial charge in [-0.1, -0.05) is 38.7 Å². The lowest BCUT2D eigenvalue weighted by molar-refractivity contribution is -0.942. The number of piperidine rings is 3. The smallest absolute Gasteiger partial charge is 0.263 e. The maximum Gasteiger partial charge on any atom is 0.263 e. The van der Waals surface area contributed by atoms with Gasteiger partial charge in [0.2, 0.25) is 5.43 Å². The largest absolute Gasteiger partial charge is 0.494 e. The number of amides is 1. The van der Waals surface area contributed by atoms with Gasteiger partial charge in [0.05, 0.1) is 44.9 Å². The van der Waals surface area contributed by atoms with Gasteiger partial charge >= 0.3 is 0 Å². The molecule has 1 amide bonds. The molecule has 0 spiro atoms. The average molecular weight is 715 g/mol. The number of quaternary nitrogens is 1. The highest BCUT2D eigenvalue weighted by molar-refractivity contribution is 6.07. The fraction of sp³-hybridized carbons (Fsp3) is 0.488. The molecule has 7 nitrogen and oxygen atoms in total. The fourth-order valence-corrected chi connectivity index (χ4v) is 8.02. The summed E-state index contributed by atoms with van der Waals surface area (Å²) in [7, 11) is 0. The number of hydrogen-bond acceptors (Lipinski definition) is 4. The standard InChI is InChI=1S/C43H54F2N3O4/c1-3-5-24-51-37-14-12-13-35(29-37)47-31-40(43(50)46(4-2)36-27-33(44)26-34(45)28-36)42(49)39-16-15-38(30-41(39)47)52-25-11-9-7-6-8-10-20-48-21-17-32(18-22-48)19-23-48/h12-16,26-32H,3-11,17-25H2,1-2H3/q+1. The van der Waals surface area contributed by atoms with Crippen molar-refractivity contribution in [1.29, 1.82) is 0 Å². The molecular weight excluding hydrogens is 660 g/mol. The molecular formula is C43H54F2N3O4+. The van der Waals surface area contributed by atoms with E-state index in [0.717, 1.165) is 49.8 Å². The molecule has 0 atom stereocenters. The number of fused-ring (bicyclic) bond motifs is 4. The molecule has 4 aromatic rings. The van der Waals surface area contributed by atoms with Gasteiger partial charge in [0.1, 0.15) is 28.7 Å². The van der Waals surface area contributed by atoms with Crippen molar-refractivity contribution in [3.8, 4) is 17.2 Å². The topological polar surface area (TPSA) is 60.8 Å². The first-order valence-electron chi connectivity index (χ1n) is 19.5. The molecule has 52 heavy (non-hydrogen) atoms. The number of ether oxygens (including phenoxy) is 2. The Morgan fingerprint density at radius 1 is 0.808 bits per heavy atom. The first kappa shape index (κ1) is 37.5. The predicted molar refractivity (Wildman–Crippen MR) is 204 cm³/mol. The van der Waals surface area contributed by atoms with E-state index in [9.17, 15) is 18.4 Å². The van der Waals surface area contributed by atoms with Crippen LogP contribution in [-0.4, -0.2) is 60.9 Å². The number of rotatable bonds is 18. The second kappa shape index (κ2) is 17.5. The third-order valence-corrected chi connectivity index (χ3v) is 11.1. The zero-order chi connectivity index (χ0) is 36.5. The van der Waals surface area contributed by atoms with Gasteiger partial charge in [-0.05, 0) is 94.2 Å². The summed E-state index contributed by atoms with van der Waals surface area (Å²) in [5, 5.41) is 0.330. The normalized spacial score (nSPS) is 18.1. The molecule has 3 aliphatic heterocycles. The minimum absolute atomic E-state index is 0.0382. The SMILES string of the molecule is CCCCOc1cccc(-n2cc(C(=O)N(CC)c3cc(F)cc(F)c3)c(=O)c3ccc(OCCCCCCCC[N+]45CCC(CC4)CC5)cc32)c1. The average Bonchev–Trinajstić information content (AvgIpc) is 3.15. The van der Waals surface area contributed by atoms with E-state index in [-0.39, 0.29) is 17.8 Å². The van der Waals surface area contributed by atoms with Crippen molar-refractivity contribution >= 4 is 22.5 Å². The minimum Gasteiger partial charge on any atom is -0.494 e. The van der Waals surface area contributed by atoms with Gasteiger partial charge in [-0.2, -0.15) is 0 Å². The Hall–Kier alpha value is -4.24. The third kappa shape index (κ3) is 9.03. The zero-order valence-corrected chi connectivity index (χ0v) is 30.9. The predicted octanol–water partition coefficient (Wildman–Crippen LogP) is 9.46. The Morgan fingerprint density at radius 2 is 1.46 bits per heavy atom. The molecule has 0 saturated carbocycles. The van der Waals surface area contributed by atoms with Crippen LogP contribution in [0, 0.1) is 17.6 Å². The summed E-state index contributed by atoms with van der Waals surface area (Å²) >= 11 is 0. The van der Waals surface area contributed by atoms with E-state index in [1.54, 1.807) is 23.6 Å². The molecule has 0 unspecified atom stereocenters. The van der Waals surface area contributed by atoms with E-state index in [0.29, 0.717) is 41.3 Å². The quantitative estimate of drug-likeness (QED) is 0.0761. The maximum absolute atomic E-state index is 14.2. The van der Waals surface area contributed by atoms with Crippen LogP contribution in [0.25, 0.3) is 16.6 Å². The van der Waals surface area contributed by atoms with Crippen LogP contribution in [0.3, 0.4) is 0 Å². The number of carbonyl (C=O) groups excluding carboxylic acids is 1. The second-order valence-corrected chi connectivity index (χ2v) is 14.7. The molecule has 3 aromatic carbocycles. The van der Waals surface area contributed by atoms with Crippen LogP contribution in [0.4, 0.5) is 14.5 Å². The highest BCUT2D eigenvalue weighted by Crippen LogP contribution is 2.34. The molecule has 0 radical (unpaired) electrons. The monoisotopic (exact) mass is 714 g/mol. The number of benzene rings is 3. The molecule has 7 rings (SSSR count). The Morgan fingerprint density at radius 3 is 2.15 bits per heavy atom. The lowest BCUT2D eigenvalue weighted by Crippen LogP contribution is -2.58.